The Hall–Kier alpha value is -0.780. The van der Waals surface area contributed by atoms with Crippen LogP contribution in [-0.4, -0.2) is 25.7 Å². The number of halogens is 1. The molecule has 0 heterocycles. The molecule has 0 radical (unpaired) electrons. The monoisotopic (exact) mass is 264 g/mol. The van der Waals surface area contributed by atoms with Crippen LogP contribution in [0.25, 0.3) is 0 Å². The Morgan fingerprint density at radius 1 is 1.31 bits per heavy atom. The molecule has 0 saturated carbocycles. The van der Waals surface area contributed by atoms with Crippen LogP contribution in [0.3, 0.4) is 0 Å². The first-order valence-corrected chi connectivity index (χ1v) is 6.90. The van der Waals surface area contributed by atoms with Crippen molar-refractivity contribution in [3.8, 4) is 5.75 Å². The van der Waals surface area contributed by atoms with E-state index in [9.17, 15) is 8.42 Å². The van der Waals surface area contributed by atoms with Crippen LogP contribution in [0.2, 0.25) is 0 Å². The molecule has 6 heteroatoms. The number of aliphatic hydroxyl groups excluding tert-OH is 1. The van der Waals surface area contributed by atoms with Crippen molar-refractivity contribution in [1.29, 1.82) is 0 Å². The third-order valence-corrected chi connectivity index (χ3v) is 3.25. The lowest BCUT2D eigenvalue weighted by Crippen LogP contribution is -2.32. The van der Waals surface area contributed by atoms with Crippen LogP contribution in [0.1, 0.15) is 13.8 Å². The summed E-state index contributed by atoms with van der Waals surface area (Å²) in [5, 5.41) is 9.00. The zero-order valence-electron chi connectivity index (χ0n) is 8.97. The highest BCUT2D eigenvalue weighted by molar-refractivity contribution is 8.13. The van der Waals surface area contributed by atoms with Crippen molar-refractivity contribution in [3.63, 3.8) is 0 Å². The maximum absolute atomic E-state index is 11.0. The van der Waals surface area contributed by atoms with Gasteiger partial charge in [-0.05, 0) is 38.1 Å². The molecule has 0 aliphatic rings. The van der Waals surface area contributed by atoms with Gasteiger partial charge in [-0.2, -0.15) is 0 Å². The zero-order valence-corrected chi connectivity index (χ0v) is 10.5. The van der Waals surface area contributed by atoms with E-state index in [4.69, 9.17) is 20.5 Å². The molecule has 0 aromatic heterocycles. The highest BCUT2D eigenvalue weighted by atomic mass is 35.7. The second kappa shape index (κ2) is 4.61. The van der Waals surface area contributed by atoms with Gasteiger partial charge in [0.25, 0.3) is 9.05 Å². The average Bonchev–Trinajstić information content (AvgIpc) is 2.16. The molecule has 0 unspecified atom stereocenters. The van der Waals surface area contributed by atoms with Crippen molar-refractivity contribution in [2.75, 3.05) is 6.61 Å². The Balaban J connectivity index is 2.89. The SMILES string of the molecule is CC(C)(CO)Oc1ccc(S(=O)(=O)Cl)cc1. The first-order valence-electron chi connectivity index (χ1n) is 4.59. The molecule has 1 aromatic carbocycles. The van der Waals surface area contributed by atoms with Gasteiger partial charge < -0.3 is 9.84 Å². The van der Waals surface area contributed by atoms with Crippen molar-refractivity contribution in [2.24, 2.45) is 0 Å². The van der Waals surface area contributed by atoms with Gasteiger partial charge in [0.15, 0.2) is 0 Å². The minimum Gasteiger partial charge on any atom is -0.485 e. The molecule has 0 saturated heterocycles. The van der Waals surface area contributed by atoms with E-state index in [0.29, 0.717) is 5.75 Å². The zero-order chi connectivity index (χ0) is 12.4. The van der Waals surface area contributed by atoms with E-state index in [2.05, 4.69) is 0 Å². The van der Waals surface area contributed by atoms with Gasteiger partial charge in [-0.15, -0.1) is 0 Å². The second-order valence-electron chi connectivity index (χ2n) is 3.93. The van der Waals surface area contributed by atoms with Gasteiger partial charge in [0.1, 0.15) is 11.4 Å². The molecule has 0 fully saturated rings. The fourth-order valence-corrected chi connectivity index (χ4v) is 1.79. The number of rotatable bonds is 4. The highest BCUT2D eigenvalue weighted by Crippen LogP contribution is 2.22. The molecule has 0 aliphatic heterocycles. The normalized spacial score (nSPS) is 12.5. The summed E-state index contributed by atoms with van der Waals surface area (Å²) in [6, 6.07) is 5.69. The quantitative estimate of drug-likeness (QED) is 0.842. The van der Waals surface area contributed by atoms with Crippen molar-refractivity contribution in [2.45, 2.75) is 24.3 Å². The summed E-state index contributed by atoms with van der Waals surface area (Å²) in [6.07, 6.45) is 0. The van der Waals surface area contributed by atoms with Crippen molar-refractivity contribution in [1.82, 2.24) is 0 Å². The smallest absolute Gasteiger partial charge is 0.261 e. The number of hydrogen-bond acceptors (Lipinski definition) is 4. The Kier molecular flexibility index (Phi) is 3.83. The standard InChI is InChI=1S/C10H13ClO4S/c1-10(2,7-12)15-8-3-5-9(6-4-8)16(11,13)14/h3-6,12H,7H2,1-2H3. The average molecular weight is 265 g/mol. The molecule has 1 N–H and O–H groups in total. The van der Waals surface area contributed by atoms with Crippen molar-refractivity contribution < 1.29 is 18.3 Å². The van der Waals surface area contributed by atoms with Gasteiger partial charge in [-0.25, -0.2) is 8.42 Å². The fraction of sp³-hybridized carbons (Fsp3) is 0.400. The van der Waals surface area contributed by atoms with Crippen molar-refractivity contribution in [3.05, 3.63) is 24.3 Å². The minimum atomic E-state index is -3.70. The van der Waals surface area contributed by atoms with Crippen LogP contribution in [0.15, 0.2) is 29.2 Å². The van der Waals surface area contributed by atoms with E-state index in [1.54, 1.807) is 13.8 Å². The molecule has 0 atom stereocenters. The molecular weight excluding hydrogens is 252 g/mol. The Morgan fingerprint density at radius 2 is 1.81 bits per heavy atom. The molecular formula is C10H13ClO4S. The molecule has 4 nitrogen and oxygen atoms in total. The van der Waals surface area contributed by atoms with Crippen LogP contribution >= 0.6 is 10.7 Å². The predicted molar refractivity (Wildman–Crippen MR) is 61.3 cm³/mol. The molecule has 90 valence electrons. The van der Waals surface area contributed by atoms with Crippen LogP contribution in [0, 0.1) is 0 Å². The molecule has 1 aromatic rings. The second-order valence-corrected chi connectivity index (χ2v) is 6.50. The topological polar surface area (TPSA) is 63.6 Å². The Labute approximate surface area is 99.2 Å². The lowest BCUT2D eigenvalue weighted by atomic mass is 10.1. The van der Waals surface area contributed by atoms with Gasteiger partial charge in [0.05, 0.1) is 11.5 Å². The van der Waals surface area contributed by atoms with E-state index < -0.39 is 14.7 Å². The Bertz CT molecular complexity index is 450. The van der Waals surface area contributed by atoms with Crippen molar-refractivity contribution >= 4 is 19.7 Å². The third kappa shape index (κ3) is 3.66. The predicted octanol–water partition coefficient (Wildman–Crippen LogP) is 1.76. The first-order chi connectivity index (χ1) is 7.24. The summed E-state index contributed by atoms with van der Waals surface area (Å²) >= 11 is 0. The van der Waals surface area contributed by atoms with Gasteiger partial charge in [0.2, 0.25) is 0 Å². The fourth-order valence-electron chi connectivity index (χ4n) is 1.02. The van der Waals surface area contributed by atoms with Gasteiger partial charge >= 0.3 is 0 Å². The lowest BCUT2D eigenvalue weighted by molar-refractivity contribution is 0.0412. The van der Waals surface area contributed by atoms with Crippen LogP contribution in [-0.2, 0) is 9.05 Å². The molecule has 1 rings (SSSR count). The molecule has 16 heavy (non-hydrogen) atoms. The largest absolute Gasteiger partial charge is 0.485 e. The number of hydrogen-bond donors (Lipinski definition) is 1. The molecule has 0 bridgehead atoms. The Morgan fingerprint density at radius 3 is 2.19 bits per heavy atom. The minimum absolute atomic E-state index is 0.0170. The van der Waals surface area contributed by atoms with Gasteiger partial charge in [-0.1, -0.05) is 0 Å². The molecule has 0 spiro atoms. The summed E-state index contributed by atoms with van der Waals surface area (Å²) in [5.41, 5.74) is -0.707. The molecule has 0 aliphatic carbocycles. The first kappa shape index (κ1) is 13.3. The lowest BCUT2D eigenvalue weighted by Gasteiger charge is -2.23. The van der Waals surface area contributed by atoms with E-state index in [0.717, 1.165) is 0 Å². The molecule has 0 amide bonds. The summed E-state index contributed by atoms with van der Waals surface area (Å²) in [7, 11) is 1.46. The van der Waals surface area contributed by atoms with Gasteiger partial charge in [0, 0.05) is 10.7 Å². The number of aliphatic hydroxyl groups is 1. The van der Waals surface area contributed by atoms with Crippen LogP contribution in [0.5, 0.6) is 5.75 Å². The van der Waals surface area contributed by atoms with Crippen LogP contribution in [0.4, 0.5) is 0 Å². The summed E-state index contributed by atoms with van der Waals surface area (Å²) in [5.74, 6) is 0.475. The maximum Gasteiger partial charge on any atom is 0.261 e. The number of benzene rings is 1. The third-order valence-electron chi connectivity index (χ3n) is 1.88. The van der Waals surface area contributed by atoms with E-state index >= 15 is 0 Å². The summed E-state index contributed by atoms with van der Waals surface area (Å²) in [6.45, 7) is 3.31. The summed E-state index contributed by atoms with van der Waals surface area (Å²) in [4.78, 5) is 0.0170. The van der Waals surface area contributed by atoms with E-state index in [1.807, 2.05) is 0 Å². The van der Waals surface area contributed by atoms with Gasteiger partial charge in [-0.3, -0.25) is 0 Å². The number of ether oxygens (including phenoxy) is 1. The highest BCUT2D eigenvalue weighted by Gasteiger charge is 2.18. The summed E-state index contributed by atoms with van der Waals surface area (Å²) < 4.78 is 27.4. The van der Waals surface area contributed by atoms with E-state index in [1.165, 1.54) is 24.3 Å². The van der Waals surface area contributed by atoms with Crippen LogP contribution < -0.4 is 4.74 Å². The maximum atomic E-state index is 11.0. The van der Waals surface area contributed by atoms with E-state index in [-0.39, 0.29) is 11.5 Å².